The van der Waals surface area contributed by atoms with Crippen LogP contribution in [0, 0.1) is 11.7 Å². The van der Waals surface area contributed by atoms with Crippen molar-refractivity contribution in [1.82, 2.24) is 15.1 Å². The van der Waals surface area contributed by atoms with Crippen LogP contribution in [0.15, 0.2) is 29.2 Å². The highest BCUT2D eigenvalue weighted by atomic mass is 35.5. The van der Waals surface area contributed by atoms with Gasteiger partial charge in [-0.25, -0.2) is 12.8 Å². The SMILES string of the molecule is CC(CS(=O)(=O)c1ccc(F)cc1)C(=O)N1CCC(N2CCNCC2)C1.Cl. The normalized spacial score (nSPS) is 22.3. The summed E-state index contributed by atoms with van der Waals surface area (Å²) in [4.78, 5) is 17.0. The number of carbonyl (C=O) groups excluding carboxylic acids is 1. The molecule has 0 aromatic heterocycles. The number of piperazine rings is 1. The maximum Gasteiger partial charge on any atom is 0.226 e. The molecule has 1 N–H and O–H groups in total. The van der Waals surface area contributed by atoms with Crippen molar-refractivity contribution in [3.05, 3.63) is 30.1 Å². The highest BCUT2D eigenvalue weighted by Gasteiger charge is 2.34. The zero-order valence-corrected chi connectivity index (χ0v) is 17.1. The van der Waals surface area contributed by atoms with Crippen LogP contribution in [0.1, 0.15) is 13.3 Å². The third kappa shape index (κ3) is 5.40. The Labute approximate surface area is 166 Å². The van der Waals surface area contributed by atoms with Gasteiger partial charge < -0.3 is 10.2 Å². The number of hydrogen-bond donors (Lipinski definition) is 1. The van der Waals surface area contributed by atoms with Crippen molar-refractivity contribution < 1.29 is 17.6 Å². The van der Waals surface area contributed by atoms with Crippen LogP contribution in [0.25, 0.3) is 0 Å². The maximum atomic E-state index is 13.0. The van der Waals surface area contributed by atoms with E-state index in [4.69, 9.17) is 0 Å². The van der Waals surface area contributed by atoms with Crippen LogP contribution in [0.4, 0.5) is 4.39 Å². The molecule has 1 amide bonds. The Hall–Kier alpha value is -1.22. The minimum Gasteiger partial charge on any atom is -0.341 e. The van der Waals surface area contributed by atoms with Gasteiger partial charge in [-0.3, -0.25) is 9.69 Å². The van der Waals surface area contributed by atoms with Crippen molar-refractivity contribution >= 4 is 28.2 Å². The van der Waals surface area contributed by atoms with E-state index in [-0.39, 0.29) is 29.0 Å². The second-order valence-electron chi connectivity index (χ2n) is 7.15. The van der Waals surface area contributed by atoms with Gasteiger partial charge in [0.1, 0.15) is 5.82 Å². The smallest absolute Gasteiger partial charge is 0.226 e. The van der Waals surface area contributed by atoms with Gasteiger partial charge in [0.2, 0.25) is 5.91 Å². The second-order valence-corrected chi connectivity index (χ2v) is 9.18. The van der Waals surface area contributed by atoms with E-state index in [9.17, 15) is 17.6 Å². The lowest BCUT2D eigenvalue weighted by atomic mass is 10.2. The summed E-state index contributed by atoms with van der Waals surface area (Å²) in [5.74, 6) is -1.48. The lowest BCUT2D eigenvalue weighted by molar-refractivity contribution is -0.133. The van der Waals surface area contributed by atoms with Crippen LogP contribution in [0.3, 0.4) is 0 Å². The van der Waals surface area contributed by atoms with Crippen LogP contribution in [0.2, 0.25) is 0 Å². The standard InChI is InChI=1S/C18H26FN3O3S.ClH/c1-14(13-26(24,25)17-4-2-15(19)3-5-17)18(23)22-9-6-16(12-22)21-10-7-20-8-11-21;/h2-5,14,16,20H,6-13H2,1H3;1H. The van der Waals surface area contributed by atoms with Gasteiger partial charge in [-0.15, -0.1) is 12.4 Å². The molecule has 0 bridgehead atoms. The van der Waals surface area contributed by atoms with Crippen molar-refractivity contribution in [2.45, 2.75) is 24.3 Å². The summed E-state index contributed by atoms with van der Waals surface area (Å²) in [5.41, 5.74) is 0. The molecule has 2 atom stereocenters. The molecular formula is C18H27ClFN3O3S. The first kappa shape index (κ1) is 22.1. The number of amides is 1. The molecule has 2 aliphatic heterocycles. The average molecular weight is 420 g/mol. The zero-order chi connectivity index (χ0) is 18.7. The molecule has 0 spiro atoms. The summed E-state index contributed by atoms with van der Waals surface area (Å²) < 4.78 is 37.9. The molecule has 1 aromatic rings. The van der Waals surface area contributed by atoms with Crippen LogP contribution >= 0.6 is 12.4 Å². The van der Waals surface area contributed by atoms with Crippen molar-refractivity contribution in [3.8, 4) is 0 Å². The molecular weight excluding hydrogens is 393 g/mol. The van der Waals surface area contributed by atoms with Crippen LogP contribution < -0.4 is 5.32 Å². The molecule has 152 valence electrons. The first-order valence-corrected chi connectivity index (χ1v) is 10.7. The van der Waals surface area contributed by atoms with Gasteiger partial charge in [-0.2, -0.15) is 0 Å². The van der Waals surface area contributed by atoms with Gasteiger partial charge in [0.05, 0.1) is 10.6 Å². The lowest BCUT2D eigenvalue weighted by Crippen LogP contribution is -2.49. The predicted octanol–water partition coefficient (Wildman–Crippen LogP) is 1.16. The first-order chi connectivity index (χ1) is 12.4. The number of benzene rings is 1. The molecule has 2 fully saturated rings. The van der Waals surface area contributed by atoms with Crippen molar-refractivity contribution in [2.24, 2.45) is 5.92 Å². The molecule has 2 unspecified atom stereocenters. The van der Waals surface area contributed by atoms with E-state index < -0.39 is 21.6 Å². The predicted molar refractivity (Wildman–Crippen MR) is 104 cm³/mol. The average Bonchev–Trinajstić information content (AvgIpc) is 3.12. The van der Waals surface area contributed by atoms with Gasteiger partial charge in [-0.05, 0) is 30.7 Å². The molecule has 0 radical (unpaired) electrons. The van der Waals surface area contributed by atoms with E-state index in [1.807, 2.05) is 0 Å². The van der Waals surface area contributed by atoms with E-state index in [1.165, 1.54) is 12.1 Å². The summed E-state index contributed by atoms with van der Waals surface area (Å²) in [6.07, 6.45) is 0.934. The largest absolute Gasteiger partial charge is 0.341 e. The first-order valence-electron chi connectivity index (χ1n) is 9.09. The quantitative estimate of drug-likeness (QED) is 0.725. The van der Waals surface area contributed by atoms with Gasteiger partial charge in [-0.1, -0.05) is 6.92 Å². The molecule has 2 saturated heterocycles. The topological polar surface area (TPSA) is 69.7 Å². The Balaban J connectivity index is 0.00000261. The van der Waals surface area contributed by atoms with Crippen LogP contribution in [-0.2, 0) is 14.6 Å². The fraction of sp³-hybridized carbons (Fsp3) is 0.611. The van der Waals surface area contributed by atoms with Crippen molar-refractivity contribution in [3.63, 3.8) is 0 Å². The summed E-state index contributed by atoms with van der Waals surface area (Å²) in [6, 6.07) is 5.11. The molecule has 1 aromatic carbocycles. The van der Waals surface area contributed by atoms with Gasteiger partial charge in [0.15, 0.2) is 9.84 Å². The van der Waals surface area contributed by atoms with E-state index in [0.29, 0.717) is 19.1 Å². The summed E-state index contributed by atoms with van der Waals surface area (Å²) in [5, 5.41) is 3.32. The van der Waals surface area contributed by atoms with Gasteiger partial charge in [0.25, 0.3) is 0 Å². The molecule has 9 heteroatoms. The summed E-state index contributed by atoms with van der Waals surface area (Å²) in [7, 11) is -3.62. The minimum atomic E-state index is -3.62. The number of nitrogens with one attached hydrogen (secondary N) is 1. The number of carbonyl (C=O) groups is 1. The third-order valence-corrected chi connectivity index (χ3v) is 7.14. The lowest BCUT2D eigenvalue weighted by Gasteiger charge is -2.32. The molecule has 6 nitrogen and oxygen atoms in total. The minimum absolute atomic E-state index is 0. The molecule has 27 heavy (non-hydrogen) atoms. The Morgan fingerprint density at radius 2 is 1.85 bits per heavy atom. The third-order valence-electron chi connectivity index (χ3n) is 5.21. The molecule has 3 rings (SSSR count). The molecule has 0 aliphatic carbocycles. The maximum absolute atomic E-state index is 13.0. The number of sulfone groups is 1. The molecule has 2 aliphatic rings. The van der Waals surface area contributed by atoms with Gasteiger partial charge in [0, 0.05) is 51.2 Å². The van der Waals surface area contributed by atoms with Crippen LogP contribution in [0.5, 0.6) is 0 Å². The molecule has 0 saturated carbocycles. The van der Waals surface area contributed by atoms with Crippen LogP contribution in [-0.4, -0.2) is 75.2 Å². The number of likely N-dealkylation sites (tertiary alicyclic amines) is 1. The number of halogens is 2. The van der Waals surface area contributed by atoms with E-state index in [1.54, 1.807) is 11.8 Å². The Bertz CT molecular complexity index is 739. The fourth-order valence-electron chi connectivity index (χ4n) is 3.74. The fourth-order valence-corrected chi connectivity index (χ4v) is 5.28. The Morgan fingerprint density at radius 3 is 2.48 bits per heavy atom. The van der Waals surface area contributed by atoms with Gasteiger partial charge >= 0.3 is 0 Å². The number of hydrogen-bond acceptors (Lipinski definition) is 5. The monoisotopic (exact) mass is 419 g/mol. The zero-order valence-electron chi connectivity index (χ0n) is 15.4. The second kappa shape index (κ2) is 9.32. The van der Waals surface area contributed by atoms with E-state index >= 15 is 0 Å². The number of rotatable bonds is 5. The summed E-state index contributed by atoms with van der Waals surface area (Å²) >= 11 is 0. The highest BCUT2D eigenvalue weighted by molar-refractivity contribution is 7.91. The van der Waals surface area contributed by atoms with E-state index in [0.717, 1.165) is 44.7 Å². The highest BCUT2D eigenvalue weighted by Crippen LogP contribution is 2.21. The Morgan fingerprint density at radius 1 is 1.22 bits per heavy atom. The van der Waals surface area contributed by atoms with E-state index in [2.05, 4.69) is 10.2 Å². The molecule has 2 heterocycles. The van der Waals surface area contributed by atoms with Crippen molar-refractivity contribution in [1.29, 1.82) is 0 Å². The summed E-state index contributed by atoms with van der Waals surface area (Å²) in [6.45, 7) is 6.91. The van der Waals surface area contributed by atoms with Crippen molar-refractivity contribution in [2.75, 3.05) is 45.0 Å². The Kier molecular flexibility index (Phi) is 7.62. The number of nitrogens with zero attached hydrogens (tertiary/aromatic N) is 2.